The smallest absolute Gasteiger partial charge is 0.282 e. The summed E-state index contributed by atoms with van der Waals surface area (Å²) in [4.78, 5) is 12.5. The molecule has 0 saturated heterocycles. The van der Waals surface area contributed by atoms with Gasteiger partial charge in [-0.15, -0.1) is 0 Å². The average Bonchev–Trinajstić information content (AvgIpc) is 2.60. The number of nitrogens with two attached hydrogens (primary N) is 1. The maximum Gasteiger partial charge on any atom is 0.282 e. The van der Waals surface area contributed by atoms with Gasteiger partial charge in [0.05, 0.1) is 0 Å². The normalized spacial score (nSPS) is 13.3. The summed E-state index contributed by atoms with van der Waals surface area (Å²) in [7, 11) is 0. The number of hydrogen-bond acceptors (Lipinski definition) is 1. The van der Waals surface area contributed by atoms with Gasteiger partial charge in [0.2, 0.25) is 0 Å². The van der Waals surface area contributed by atoms with Crippen molar-refractivity contribution in [2.45, 2.75) is 45.7 Å². The summed E-state index contributed by atoms with van der Waals surface area (Å²) in [5.74, 6) is 0.492. The summed E-state index contributed by atoms with van der Waals surface area (Å²) in [6.45, 7) is 7.11. The third-order valence-electron chi connectivity index (χ3n) is 4.33. The van der Waals surface area contributed by atoms with Gasteiger partial charge in [-0.1, -0.05) is 62.4 Å². The second-order valence-electron chi connectivity index (χ2n) is 6.10. The summed E-state index contributed by atoms with van der Waals surface area (Å²) >= 11 is 0. The predicted molar refractivity (Wildman–Crippen MR) is 95.3 cm³/mol. The number of benzene rings is 2. The van der Waals surface area contributed by atoms with Crippen LogP contribution in [0.4, 0.5) is 5.69 Å². The molecule has 0 saturated carbocycles. The first-order valence-electron chi connectivity index (χ1n) is 8.38. The van der Waals surface area contributed by atoms with Gasteiger partial charge in [-0.25, -0.2) is 0 Å². The molecule has 1 amide bonds. The van der Waals surface area contributed by atoms with Crippen LogP contribution in [-0.2, 0) is 11.3 Å². The van der Waals surface area contributed by atoms with Crippen molar-refractivity contribution in [1.29, 1.82) is 0 Å². The zero-order valence-corrected chi connectivity index (χ0v) is 14.3. The minimum absolute atomic E-state index is 0.0525. The van der Waals surface area contributed by atoms with Crippen LogP contribution >= 0.6 is 0 Å². The number of quaternary nitrogens is 1. The molecule has 0 radical (unpaired) electrons. The Kier molecular flexibility index (Phi) is 6.36. The molecule has 0 aliphatic carbocycles. The molecule has 0 aliphatic rings. The minimum atomic E-state index is -0.125. The summed E-state index contributed by atoms with van der Waals surface area (Å²) in [6.07, 6.45) is 1.06. The van der Waals surface area contributed by atoms with Gasteiger partial charge in [0.15, 0.2) is 6.04 Å². The highest BCUT2D eigenvalue weighted by Gasteiger charge is 2.18. The maximum absolute atomic E-state index is 12.5. The van der Waals surface area contributed by atoms with Crippen molar-refractivity contribution in [1.82, 2.24) is 0 Å². The van der Waals surface area contributed by atoms with Gasteiger partial charge >= 0.3 is 0 Å². The fourth-order valence-corrected chi connectivity index (χ4v) is 2.54. The molecule has 2 atom stereocenters. The third-order valence-corrected chi connectivity index (χ3v) is 4.33. The Morgan fingerprint density at radius 1 is 1.04 bits per heavy atom. The number of carbonyl (C=O) groups excluding carboxylic acids is 1. The Morgan fingerprint density at radius 3 is 2.39 bits per heavy atom. The molecule has 2 aromatic carbocycles. The zero-order chi connectivity index (χ0) is 16.7. The molecule has 122 valence electrons. The Hall–Kier alpha value is -2.13. The number of anilines is 1. The summed E-state index contributed by atoms with van der Waals surface area (Å²) in [5, 5.41) is 5.16. The molecule has 0 aliphatic heterocycles. The van der Waals surface area contributed by atoms with E-state index in [0.29, 0.717) is 5.92 Å². The first-order valence-corrected chi connectivity index (χ1v) is 8.38. The lowest BCUT2D eigenvalue weighted by Crippen LogP contribution is -2.90. The van der Waals surface area contributed by atoms with Crippen LogP contribution in [-0.4, -0.2) is 11.9 Å². The van der Waals surface area contributed by atoms with Gasteiger partial charge in [0.25, 0.3) is 5.91 Å². The molecule has 0 aromatic heterocycles. The van der Waals surface area contributed by atoms with Crippen molar-refractivity contribution in [3.8, 4) is 0 Å². The van der Waals surface area contributed by atoms with Crippen LogP contribution in [0.15, 0.2) is 54.6 Å². The highest BCUT2D eigenvalue weighted by Crippen LogP contribution is 2.26. The molecule has 0 fully saturated rings. The van der Waals surface area contributed by atoms with Gasteiger partial charge in [-0.2, -0.15) is 0 Å². The van der Waals surface area contributed by atoms with Crippen LogP contribution in [0.2, 0.25) is 0 Å². The van der Waals surface area contributed by atoms with Gasteiger partial charge < -0.3 is 10.6 Å². The van der Waals surface area contributed by atoms with Gasteiger partial charge in [0, 0.05) is 11.3 Å². The standard InChI is InChI=1S/C20H26N2O/c1-4-15(2)18-12-8-9-13-19(18)22-20(23)16(3)21-14-17-10-6-5-7-11-17/h5-13,15-16,21H,4,14H2,1-3H3,(H,22,23)/p+1/t15-,16-/m1/s1. The Balaban J connectivity index is 1.96. The SMILES string of the molecule is CC[C@@H](C)c1ccccc1NC(=O)[C@@H](C)[NH2+]Cc1ccccc1. The van der Waals surface area contributed by atoms with Crippen LogP contribution < -0.4 is 10.6 Å². The largest absolute Gasteiger partial charge is 0.333 e. The topological polar surface area (TPSA) is 45.7 Å². The molecule has 0 heterocycles. The Morgan fingerprint density at radius 2 is 1.70 bits per heavy atom. The van der Waals surface area contributed by atoms with Crippen molar-refractivity contribution >= 4 is 11.6 Å². The molecule has 3 N–H and O–H groups in total. The maximum atomic E-state index is 12.5. The highest BCUT2D eigenvalue weighted by atomic mass is 16.2. The van der Waals surface area contributed by atoms with Crippen molar-refractivity contribution in [2.75, 3.05) is 5.32 Å². The first-order chi connectivity index (χ1) is 11.1. The molecular formula is C20H27N2O+. The minimum Gasteiger partial charge on any atom is -0.333 e. The van der Waals surface area contributed by atoms with E-state index in [1.165, 1.54) is 11.1 Å². The molecule has 2 aromatic rings. The first kappa shape index (κ1) is 17.2. The van der Waals surface area contributed by atoms with Gasteiger partial charge in [-0.3, -0.25) is 4.79 Å². The van der Waals surface area contributed by atoms with Crippen molar-refractivity contribution in [2.24, 2.45) is 0 Å². The lowest BCUT2D eigenvalue weighted by Gasteiger charge is -2.17. The number of rotatable bonds is 7. The third kappa shape index (κ3) is 4.93. The van der Waals surface area contributed by atoms with Crippen molar-refractivity contribution in [3.05, 3.63) is 65.7 Å². The lowest BCUT2D eigenvalue weighted by atomic mass is 9.97. The molecule has 23 heavy (non-hydrogen) atoms. The molecule has 3 nitrogen and oxygen atoms in total. The zero-order valence-electron chi connectivity index (χ0n) is 14.3. The Labute approximate surface area is 139 Å². The number of nitrogens with one attached hydrogen (secondary N) is 1. The van der Waals surface area contributed by atoms with E-state index in [4.69, 9.17) is 0 Å². The molecule has 2 rings (SSSR count). The summed E-state index contributed by atoms with van der Waals surface area (Å²) in [5.41, 5.74) is 3.37. The second-order valence-corrected chi connectivity index (χ2v) is 6.10. The van der Waals surface area contributed by atoms with Crippen molar-refractivity contribution < 1.29 is 10.1 Å². The number of hydrogen-bond donors (Lipinski definition) is 2. The number of carbonyl (C=O) groups is 1. The Bertz CT molecular complexity index is 625. The van der Waals surface area contributed by atoms with Crippen LogP contribution in [0.3, 0.4) is 0 Å². The molecule has 0 spiro atoms. The van der Waals surface area contributed by atoms with E-state index >= 15 is 0 Å². The van der Waals surface area contributed by atoms with Gasteiger partial charge in [0.1, 0.15) is 6.54 Å². The molecule has 0 unspecified atom stereocenters. The van der Waals surface area contributed by atoms with E-state index in [1.807, 2.05) is 43.3 Å². The van der Waals surface area contributed by atoms with E-state index in [-0.39, 0.29) is 11.9 Å². The molecule has 0 bridgehead atoms. The van der Waals surface area contributed by atoms with Crippen LogP contribution in [0, 0.1) is 0 Å². The molecule has 3 heteroatoms. The fraction of sp³-hybridized carbons (Fsp3) is 0.350. The van der Waals surface area contributed by atoms with E-state index < -0.39 is 0 Å². The van der Waals surface area contributed by atoms with E-state index in [0.717, 1.165) is 18.7 Å². The highest BCUT2D eigenvalue weighted by molar-refractivity contribution is 5.94. The summed E-state index contributed by atoms with van der Waals surface area (Å²) < 4.78 is 0. The average molecular weight is 311 g/mol. The number of amides is 1. The number of para-hydroxylation sites is 1. The monoisotopic (exact) mass is 311 g/mol. The van der Waals surface area contributed by atoms with Crippen LogP contribution in [0.5, 0.6) is 0 Å². The van der Waals surface area contributed by atoms with Crippen molar-refractivity contribution in [3.63, 3.8) is 0 Å². The second kappa shape index (κ2) is 8.49. The molecular weight excluding hydrogens is 284 g/mol. The van der Waals surface area contributed by atoms with Crippen LogP contribution in [0.1, 0.15) is 44.2 Å². The van der Waals surface area contributed by atoms with E-state index in [9.17, 15) is 4.79 Å². The predicted octanol–water partition coefficient (Wildman–Crippen LogP) is 3.29. The van der Waals surface area contributed by atoms with Gasteiger partial charge in [-0.05, 0) is 30.9 Å². The van der Waals surface area contributed by atoms with E-state index in [1.54, 1.807) is 0 Å². The van der Waals surface area contributed by atoms with Crippen LogP contribution in [0.25, 0.3) is 0 Å². The summed E-state index contributed by atoms with van der Waals surface area (Å²) in [6, 6.07) is 18.2. The quantitative estimate of drug-likeness (QED) is 0.810. The fourth-order valence-electron chi connectivity index (χ4n) is 2.54. The lowest BCUT2D eigenvalue weighted by molar-refractivity contribution is -0.688. The van der Waals surface area contributed by atoms with E-state index in [2.05, 4.69) is 42.7 Å².